The topological polar surface area (TPSA) is 111 Å². The van der Waals surface area contributed by atoms with Crippen LogP contribution in [0.15, 0.2) is 30.7 Å². The third-order valence-corrected chi connectivity index (χ3v) is 4.00. The normalized spacial score (nSPS) is 10.7. The molecular weight excluding hydrogens is 380 g/mol. The van der Waals surface area contributed by atoms with Crippen molar-refractivity contribution in [3.05, 3.63) is 58.5 Å². The van der Waals surface area contributed by atoms with Gasteiger partial charge < -0.3 is 16.4 Å². The molecule has 0 unspecified atom stereocenters. The molecule has 3 aromatic rings. The van der Waals surface area contributed by atoms with Crippen molar-refractivity contribution in [2.24, 2.45) is 12.8 Å². The molecule has 2 aromatic heterocycles. The third kappa shape index (κ3) is 4.11. The Kier molecular flexibility index (Phi) is 5.17. The maximum atomic E-state index is 13.9. The molecule has 0 saturated carbocycles. The maximum Gasteiger partial charge on any atom is 0.254 e. The summed E-state index contributed by atoms with van der Waals surface area (Å²) < 4.78 is 29.1. The molecule has 3 rings (SSSR count). The van der Waals surface area contributed by atoms with Gasteiger partial charge in [-0.25, -0.2) is 13.8 Å². The van der Waals surface area contributed by atoms with Gasteiger partial charge in [0.05, 0.1) is 22.5 Å². The monoisotopic (exact) mass is 393 g/mol. The van der Waals surface area contributed by atoms with Crippen LogP contribution in [0.3, 0.4) is 0 Å². The van der Waals surface area contributed by atoms with Gasteiger partial charge in [-0.2, -0.15) is 10.1 Å². The highest BCUT2D eigenvalue weighted by atomic mass is 35.5. The number of amides is 1. The van der Waals surface area contributed by atoms with Crippen molar-refractivity contribution in [2.45, 2.75) is 6.54 Å². The van der Waals surface area contributed by atoms with E-state index in [9.17, 15) is 13.6 Å². The first-order valence-corrected chi connectivity index (χ1v) is 8.01. The number of halogens is 3. The zero-order chi connectivity index (χ0) is 19.6. The minimum atomic E-state index is -0.781. The molecule has 2 heterocycles. The maximum absolute atomic E-state index is 13.9. The van der Waals surface area contributed by atoms with Gasteiger partial charge in [0.1, 0.15) is 17.5 Å². The predicted octanol–water partition coefficient (Wildman–Crippen LogP) is 2.60. The summed E-state index contributed by atoms with van der Waals surface area (Å²) >= 11 is 5.81. The number of primary amides is 1. The number of aromatic nitrogens is 4. The lowest BCUT2D eigenvalue weighted by Gasteiger charge is -2.12. The van der Waals surface area contributed by atoms with Crippen LogP contribution in [0.2, 0.25) is 5.02 Å². The predicted molar refractivity (Wildman–Crippen MR) is 95.7 cm³/mol. The van der Waals surface area contributed by atoms with E-state index in [-0.39, 0.29) is 34.5 Å². The lowest BCUT2D eigenvalue weighted by molar-refractivity contribution is 0.100. The highest BCUT2D eigenvalue weighted by Crippen LogP contribution is 2.24. The average molecular weight is 394 g/mol. The molecule has 0 fully saturated rings. The molecule has 0 bridgehead atoms. The number of hydrogen-bond donors (Lipinski definition) is 3. The molecule has 0 atom stereocenters. The standard InChI is InChI=1S/C16H14ClF2N7O/c1-26-7-8(4-23-26)24-16-22-6-10(14(20)27)15(25-16)21-5-9-11(18)2-3-12(19)13(9)17/h2-4,6-7H,5H2,1H3,(H2,20,27)(H2,21,22,24,25). The zero-order valence-corrected chi connectivity index (χ0v) is 14.8. The van der Waals surface area contributed by atoms with Crippen LogP contribution in [-0.2, 0) is 13.6 Å². The number of benzene rings is 1. The van der Waals surface area contributed by atoms with Crippen LogP contribution in [0.5, 0.6) is 0 Å². The average Bonchev–Trinajstić information content (AvgIpc) is 3.03. The highest BCUT2D eigenvalue weighted by Gasteiger charge is 2.16. The van der Waals surface area contributed by atoms with Gasteiger partial charge >= 0.3 is 0 Å². The molecule has 8 nitrogen and oxygen atoms in total. The molecule has 140 valence electrons. The van der Waals surface area contributed by atoms with E-state index in [1.54, 1.807) is 24.1 Å². The van der Waals surface area contributed by atoms with Crippen LogP contribution in [0.25, 0.3) is 0 Å². The summed E-state index contributed by atoms with van der Waals surface area (Å²) in [6.45, 7) is -0.216. The van der Waals surface area contributed by atoms with Crippen molar-refractivity contribution in [1.82, 2.24) is 19.7 Å². The van der Waals surface area contributed by atoms with E-state index < -0.39 is 17.5 Å². The minimum absolute atomic E-state index is 0.0142. The van der Waals surface area contributed by atoms with Crippen LogP contribution < -0.4 is 16.4 Å². The van der Waals surface area contributed by atoms with Crippen LogP contribution in [0.1, 0.15) is 15.9 Å². The quantitative estimate of drug-likeness (QED) is 0.555. The van der Waals surface area contributed by atoms with Gasteiger partial charge in [-0.15, -0.1) is 0 Å². The Morgan fingerprint density at radius 1 is 1.30 bits per heavy atom. The van der Waals surface area contributed by atoms with Gasteiger partial charge in [-0.3, -0.25) is 9.48 Å². The number of anilines is 3. The van der Waals surface area contributed by atoms with E-state index in [0.29, 0.717) is 5.69 Å². The Hall–Kier alpha value is -3.27. The molecule has 1 amide bonds. The number of aryl methyl sites for hydroxylation is 1. The smallest absolute Gasteiger partial charge is 0.254 e. The third-order valence-electron chi connectivity index (χ3n) is 3.59. The van der Waals surface area contributed by atoms with Gasteiger partial charge in [-0.05, 0) is 12.1 Å². The lowest BCUT2D eigenvalue weighted by Crippen LogP contribution is -2.17. The van der Waals surface area contributed by atoms with Gasteiger partial charge in [0.2, 0.25) is 5.95 Å². The first-order chi connectivity index (χ1) is 12.8. The Balaban J connectivity index is 1.87. The summed E-state index contributed by atoms with van der Waals surface area (Å²) in [5.74, 6) is -2.04. The number of nitrogens with two attached hydrogens (primary N) is 1. The molecule has 0 radical (unpaired) electrons. The fraction of sp³-hybridized carbons (Fsp3) is 0.125. The largest absolute Gasteiger partial charge is 0.365 e. The van der Waals surface area contributed by atoms with E-state index >= 15 is 0 Å². The minimum Gasteiger partial charge on any atom is -0.365 e. The Labute approximate surface area is 157 Å². The van der Waals surface area contributed by atoms with E-state index in [0.717, 1.165) is 12.1 Å². The molecule has 0 saturated heterocycles. The number of nitrogens with one attached hydrogen (secondary N) is 2. The summed E-state index contributed by atoms with van der Waals surface area (Å²) in [4.78, 5) is 19.8. The van der Waals surface area contributed by atoms with Crippen molar-refractivity contribution < 1.29 is 13.6 Å². The van der Waals surface area contributed by atoms with E-state index in [1.165, 1.54) is 6.20 Å². The summed E-state index contributed by atoms with van der Waals surface area (Å²) in [5.41, 5.74) is 5.82. The highest BCUT2D eigenvalue weighted by molar-refractivity contribution is 6.31. The number of carbonyl (C=O) groups excluding carboxylic acids is 1. The van der Waals surface area contributed by atoms with Crippen molar-refractivity contribution in [3.8, 4) is 0 Å². The van der Waals surface area contributed by atoms with Crippen molar-refractivity contribution in [1.29, 1.82) is 0 Å². The summed E-state index contributed by atoms with van der Waals surface area (Å²) in [7, 11) is 1.74. The number of hydrogen-bond acceptors (Lipinski definition) is 6. The first-order valence-electron chi connectivity index (χ1n) is 7.64. The van der Waals surface area contributed by atoms with Crippen LogP contribution in [0, 0.1) is 11.6 Å². The van der Waals surface area contributed by atoms with Crippen molar-refractivity contribution in [3.63, 3.8) is 0 Å². The van der Waals surface area contributed by atoms with Gasteiger partial charge in [0, 0.05) is 31.5 Å². The fourth-order valence-electron chi connectivity index (χ4n) is 2.28. The molecule has 11 heteroatoms. The van der Waals surface area contributed by atoms with E-state index in [2.05, 4.69) is 25.7 Å². The molecule has 0 aliphatic rings. The molecular formula is C16H14ClF2N7O. The Morgan fingerprint density at radius 2 is 2.04 bits per heavy atom. The van der Waals surface area contributed by atoms with Gasteiger partial charge in [0.15, 0.2) is 0 Å². The van der Waals surface area contributed by atoms with Crippen molar-refractivity contribution >= 4 is 35.0 Å². The second-order valence-electron chi connectivity index (χ2n) is 5.52. The van der Waals surface area contributed by atoms with E-state index in [4.69, 9.17) is 17.3 Å². The Morgan fingerprint density at radius 3 is 2.70 bits per heavy atom. The van der Waals surface area contributed by atoms with Crippen LogP contribution >= 0.6 is 11.6 Å². The van der Waals surface area contributed by atoms with Crippen LogP contribution in [-0.4, -0.2) is 25.7 Å². The molecule has 27 heavy (non-hydrogen) atoms. The number of carbonyl (C=O) groups is 1. The SMILES string of the molecule is Cn1cc(Nc2ncc(C(N)=O)c(NCc3c(F)ccc(F)c3Cl)n2)cn1. The summed E-state index contributed by atoms with van der Waals surface area (Å²) in [6, 6.07) is 1.89. The van der Waals surface area contributed by atoms with Crippen molar-refractivity contribution in [2.75, 3.05) is 10.6 Å². The fourth-order valence-corrected chi connectivity index (χ4v) is 2.50. The summed E-state index contributed by atoms with van der Waals surface area (Å²) in [5, 5.41) is 9.30. The second-order valence-corrected chi connectivity index (χ2v) is 5.90. The molecule has 1 aromatic carbocycles. The van der Waals surface area contributed by atoms with E-state index in [1.807, 2.05) is 0 Å². The molecule has 0 aliphatic carbocycles. The first kappa shape index (κ1) is 18.5. The molecule has 4 N–H and O–H groups in total. The van der Waals surface area contributed by atoms with Gasteiger partial charge in [0.25, 0.3) is 5.91 Å². The zero-order valence-electron chi connectivity index (χ0n) is 14.0. The molecule has 0 aliphatic heterocycles. The summed E-state index contributed by atoms with van der Waals surface area (Å²) in [6.07, 6.45) is 4.47. The Bertz CT molecular complexity index is 1010. The second kappa shape index (κ2) is 7.54. The lowest BCUT2D eigenvalue weighted by atomic mass is 10.2. The van der Waals surface area contributed by atoms with Crippen LogP contribution in [0.4, 0.5) is 26.2 Å². The van der Waals surface area contributed by atoms with Gasteiger partial charge in [-0.1, -0.05) is 11.6 Å². The molecule has 0 spiro atoms. The number of nitrogens with zero attached hydrogens (tertiary/aromatic N) is 4. The number of rotatable bonds is 6.